The van der Waals surface area contributed by atoms with Crippen molar-refractivity contribution in [3.63, 3.8) is 0 Å². The van der Waals surface area contributed by atoms with Gasteiger partial charge in [-0.15, -0.1) is 0 Å². The Hall–Kier alpha value is -1.91. The summed E-state index contributed by atoms with van der Waals surface area (Å²) in [6.07, 6.45) is 2.83. The molecule has 1 atom stereocenters. The van der Waals surface area contributed by atoms with Crippen molar-refractivity contribution in [2.75, 3.05) is 0 Å². The van der Waals surface area contributed by atoms with Crippen molar-refractivity contribution in [1.29, 1.82) is 0 Å². The van der Waals surface area contributed by atoms with Gasteiger partial charge in [-0.05, 0) is 22.8 Å². The van der Waals surface area contributed by atoms with Gasteiger partial charge < -0.3 is 4.18 Å². The molecule has 0 saturated heterocycles. The molecule has 1 unspecified atom stereocenters. The summed E-state index contributed by atoms with van der Waals surface area (Å²) >= 11 is -2.26. The van der Waals surface area contributed by atoms with Crippen molar-refractivity contribution in [2.24, 2.45) is 0 Å². The molecule has 0 aliphatic rings. The van der Waals surface area contributed by atoms with Crippen LogP contribution in [0.1, 0.15) is 5.56 Å². The Morgan fingerprint density at radius 2 is 1.56 bits per heavy atom. The largest absolute Gasteiger partial charge is 0.388 e. The minimum Gasteiger partial charge on any atom is -0.388 e. The lowest BCUT2D eigenvalue weighted by Crippen LogP contribution is -1.85. The van der Waals surface area contributed by atoms with Gasteiger partial charge in [0.15, 0.2) is 0 Å². The highest BCUT2D eigenvalue weighted by molar-refractivity contribution is 7.74. The van der Waals surface area contributed by atoms with Crippen LogP contribution in [0, 0.1) is 0 Å². The summed E-state index contributed by atoms with van der Waals surface area (Å²) in [5.41, 5.74) is 3.18. The van der Waals surface area contributed by atoms with Crippen LogP contribution in [0.5, 0.6) is 0 Å². The van der Waals surface area contributed by atoms with E-state index in [0.717, 1.165) is 16.7 Å². The van der Waals surface area contributed by atoms with E-state index < -0.39 is 11.4 Å². The summed E-state index contributed by atoms with van der Waals surface area (Å²) in [4.78, 5) is 0. The maximum Gasteiger partial charge on any atom is 0.356 e. The van der Waals surface area contributed by atoms with E-state index in [1.165, 1.54) is 6.26 Å². The lowest BCUT2D eigenvalue weighted by atomic mass is 10.0. The third-order valence-electron chi connectivity index (χ3n) is 2.42. The predicted molar refractivity (Wildman–Crippen MR) is 72.8 cm³/mol. The summed E-state index contributed by atoms with van der Waals surface area (Å²) in [7, 11) is 0. The molecule has 0 aliphatic heterocycles. The van der Waals surface area contributed by atoms with Crippen molar-refractivity contribution in [1.82, 2.24) is 0 Å². The Morgan fingerprint density at radius 1 is 0.944 bits per heavy atom. The number of hydrogen-bond donors (Lipinski definition) is 1. The molecule has 0 saturated carbocycles. The molecule has 0 radical (unpaired) electrons. The molecule has 0 heterocycles. The van der Waals surface area contributed by atoms with E-state index in [0.29, 0.717) is 0 Å². The van der Waals surface area contributed by atoms with Crippen LogP contribution >= 0.6 is 0 Å². The molecular formula is C14H12O3S. The minimum atomic E-state index is -2.26. The second kappa shape index (κ2) is 6.14. The van der Waals surface area contributed by atoms with Gasteiger partial charge in [-0.1, -0.05) is 54.6 Å². The van der Waals surface area contributed by atoms with Crippen LogP contribution in [-0.2, 0) is 15.5 Å². The molecule has 0 aromatic heterocycles. The Morgan fingerprint density at radius 3 is 2.17 bits per heavy atom. The first-order valence-corrected chi connectivity index (χ1v) is 6.39. The van der Waals surface area contributed by atoms with Crippen LogP contribution in [0.2, 0.25) is 0 Å². The summed E-state index contributed by atoms with van der Waals surface area (Å²) in [5, 5.41) is 0. The van der Waals surface area contributed by atoms with E-state index in [1.807, 2.05) is 54.6 Å². The van der Waals surface area contributed by atoms with Gasteiger partial charge in [0, 0.05) is 0 Å². The second-order valence-corrected chi connectivity index (χ2v) is 4.23. The van der Waals surface area contributed by atoms with E-state index in [-0.39, 0.29) is 0 Å². The zero-order valence-electron chi connectivity index (χ0n) is 9.52. The van der Waals surface area contributed by atoms with Gasteiger partial charge in [0.25, 0.3) is 0 Å². The maximum atomic E-state index is 10.3. The Labute approximate surface area is 108 Å². The Balaban J connectivity index is 2.11. The highest BCUT2D eigenvalue weighted by atomic mass is 32.2. The van der Waals surface area contributed by atoms with Crippen LogP contribution in [0.4, 0.5) is 0 Å². The molecule has 1 N–H and O–H groups in total. The highest BCUT2D eigenvalue weighted by Gasteiger charge is 1.95. The lowest BCUT2D eigenvalue weighted by Gasteiger charge is -2.01. The fraction of sp³-hybridized carbons (Fsp3) is 0. The summed E-state index contributed by atoms with van der Waals surface area (Å²) in [6.45, 7) is 0. The first kappa shape index (κ1) is 12.5. The zero-order valence-corrected chi connectivity index (χ0v) is 10.3. The fourth-order valence-corrected chi connectivity index (χ4v) is 1.72. The standard InChI is InChI=1S/C14H12O3S/c15-18(16)17-11-10-12-6-8-14(9-7-12)13-4-2-1-3-5-13/h1-11H,(H,15,16). The molecule has 0 amide bonds. The van der Waals surface area contributed by atoms with Gasteiger partial charge in [0.1, 0.15) is 6.26 Å². The third-order valence-corrected chi connectivity index (χ3v) is 2.69. The molecule has 0 fully saturated rings. The molecule has 4 heteroatoms. The summed E-state index contributed by atoms with van der Waals surface area (Å²) in [5.74, 6) is 0. The number of rotatable bonds is 4. The molecule has 0 bridgehead atoms. The van der Waals surface area contributed by atoms with Crippen LogP contribution in [-0.4, -0.2) is 8.76 Å². The van der Waals surface area contributed by atoms with Crippen LogP contribution in [0.15, 0.2) is 60.9 Å². The predicted octanol–water partition coefficient (Wildman–Crippen LogP) is 3.48. The van der Waals surface area contributed by atoms with E-state index >= 15 is 0 Å². The average Bonchev–Trinajstić information content (AvgIpc) is 2.40. The topological polar surface area (TPSA) is 46.5 Å². The average molecular weight is 260 g/mol. The Bertz CT molecular complexity index is 547. The highest BCUT2D eigenvalue weighted by Crippen LogP contribution is 2.19. The molecule has 2 aromatic carbocycles. The molecule has 2 rings (SSSR count). The molecule has 92 valence electrons. The SMILES string of the molecule is O=S(O)OC=Cc1ccc(-c2ccccc2)cc1. The van der Waals surface area contributed by atoms with Gasteiger partial charge >= 0.3 is 11.4 Å². The van der Waals surface area contributed by atoms with Gasteiger partial charge in [-0.25, -0.2) is 0 Å². The number of hydrogen-bond acceptors (Lipinski definition) is 2. The van der Waals surface area contributed by atoms with Gasteiger partial charge in [-0.2, -0.15) is 4.21 Å². The van der Waals surface area contributed by atoms with E-state index in [4.69, 9.17) is 4.55 Å². The fourth-order valence-electron chi connectivity index (χ4n) is 1.57. The van der Waals surface area contributed by atoms with E-state index in [9.17, 15) is 4.21 Å². The molecule has 3 nitrogen and oxygen atoms in total. The van der Waals surface area contributed by atoms with Crippen molar-refractivity contribution < 1.29 is 12.9 Å². The second-order valence-electron chi connectivity index (χ2n) is 3.60. The molecule has 18 heavy (non-hydrogen) atoms. The minimum absolute atomic E-state index is 0.903. The van der Waals surface area contributed by atoms with Crippen LogP contribution < -0.4 is 0 Å². The Kier molecular flexibility index (Phi) is 4.28. The summed E-state index contributed by atoms with van der Waals surface area (Å²) in [6, 6.07) is 17.9. The summed E-state index contributed by atoms with van der Waals surface area (Å²) < 4.78 is 23.1. The van der Waals surface area contributed by atoms with Crippen molar-refractivity contribution in [3.8, 4) is 11.1 Å². The number of benzene rings is 2. The normalized spacial score (nSPS) is 12.5. The first-order valence-electron chi connectivity index (χ1n) is 5.36. The van der Waals surface area contributed by atoms with Crippen molar-refractivity contribution >= 4 is 17.4 Å². The maximum absolute atomic E-state index is 10.3. The van der Waals surface area contributed by atoms with Crippen LogP contribution in [0.3, 0.4) is 0 Å². The van der Waals surface area contributed by atoms with Gasteiger partial charge in [0.05, 0.1) is 0 Å². The van der Waals surface area contributed by atoms with Crippen LogP contribution in [0.25, 0.3) is 17.2 Å². The quantitative estimate of drug-likeness (QED) is 0.676. The van der Waals surface area contributed by atoms with Crippen molar-refractivity contribution in [3.05, 3.63) is 66.4 Å². The van der Waals surface area contributed by atoms with Crippen molar-refractivity contribution in [2.45, 2.75) is 0 Å². The van der Waals surface area contributed by atoms with E-state index in [2.05, 4.69) is 4.18 Å². The monoisotopic (exact) mass is 260 g/mol. The van der Waals surface area contributed by atoms with E-state index in [1.54, 1.807) is 6.08 Å². The lowest BCUT2D eigenvalue weighted by molar-refractivity contribution is 0.422. The smallest absolute Gasteiger partial charge is 0.356 e. The third kappa shape index (κ3) is 3.55. The molecular weight excluding hydrogens is 248 g/mol. The molecule has 2 aromatic rings. The van der Waals surface area contributed by atoms with Gasteiger partial charge in [-0.3, -0.25) is 4.55 Å². The molecule has 0 aliphatic carbocycles. The van der Waals surface area contributed by atoms with Gasteiger partial charge in [0.2, 0.25) is 0 Å². The first-order chi connectivity index (χ1) is 8.75. The zero-order chi connectivity index (χ0) is 12.8. The molecule has 0 spiro atoms.